The van der Waals surface area contributed by atoms with Crippen molar-refractivity contribution < 1.29 is 19.1 Å². The number of carbonyl (C=O) groups excluding carboxylic acids is 2. The number of ether oxygens (including phenoxy) is 2. The summed E-state index contributed by atoms with van der Waals surface area (Å²) in [4.78, 5) is 23.6. The lowest BCUT2D eigenvalue weighted by molar-refractivity contribution is -0.125. The molecule has 1 aromatic carbocycles. The first-order valence-corrected chi connectivity index (χ1v) is 6.94. The normalized spacial score (nSPS) is 11.4. The Balaban J connectivity index is 2.72. The van der Waals surface area contributed by atoms with Gasteiger partial charge in [0.25, 0.3) is 5.91 Å². The molecule has 1 rings (SSSR count). The van der Waals surface area contributed by atoms with E-state index in [9.17, 15) is 9.59 Å². The van der Waals surface area contributed by atoms with Crippen LogP contribution in [-0.4, -0.2) is 25.5 Å². The fraction of sp³-hybridized carbons (Fsp3) is 0.467. The van der Waals surface area contributed by atoms with Gasteiger partial charge in [0, 0.05) is 11.5 Å². The van der Waals surface area contributed by atoms with Gasteiger partial charge in [0.2, 0.25) is 5.91 Å². The van der Waals surface area contributed by atoms with E-state index in [1.165, 1.54) is 7.11 Å². The second-order valence-electron chi connectivity index (χ2n) is 4.55. The van der Waals surface area contributed by atoms with Crippen LogP contribution in [0.15, 0.2) is 18.2 Å². The van der Waals surface area contributed by atoms with Crippen LogP contribution in [0.4, 0.5) is 0 Å². The molecule has 0 aliphatic rings. The zero-order chi connectivity index (χ0) is 15.8. The minimum absolute atomic E-state index is 0.153. The first-order chi connectivity index (χ1) is 10.0. The predicted molar refractivity (Wildman–Crippen MR) is 79.2 cm³/mol. The summed E-state index contributed by atoms with van der Waals surface area (Å²) in [7, 11) is 1.50. The molecule has 21 heavy (non-hydrogen) atoms. The summed E-state index contributed by atoms with van der Waals surface area (Å²) < 4.78 is 10.6. The minimum Gasteiger partial charge on any atom is -0.493 e. The first-order valence-electron chi connectivity index (χ1n) is 6.94. The van der Waals surface area contributed by atoms with Crippen LogP contribution in [-0.2, 0) is 4.79 Å². The largest absolute Gasteiger partial charge is 0.493 e. The summed E-state index contributed by atoms with van der Waals surface area (Å²) in [6.45, 7) is 6.07. The lowest BCUT2D eigenvalue weighted by Gasteiger charge is -2.13. The van der Waals surface area contributed by atoms with Gasteiger partial charge in [-0.3, -0.25) is 20.4 Å². The number of hydrogen-bond donors (Lipinski definition) is 2. The van der Waals surface area contributed by atoms with Crippen molar-refractivity contribution in [1.82, 2.24) is 10.9 Å². The molecule has 0 heterocycles. The van der Waals surface area contributed by atoms with Gasteiger partial charge >= 0.3 is 0 Å². The molecule has 1 atom stereocenters. The van der Waals surface area contributed by atoms with Crippen molar-refractivity contribution in [3.05, 3.63) is 23.8 Å². The number of hydrogen-bond acceptors (Lipinski definition) is 4. The molecule has 0 aliphatic carbocycles. The lowest BCUT2D eigenvalue weighted by Crippen LogP contribution is -2.43. The number of nitrogens with one attached hydrogen (secondary N) is 2. The molecule has 116 valence electrons. The maximum atomic E-state index is 12.0. The summed E-state index contributed by atoms with van der Waals surface area (Å²) in [5.41, 5.74) is 5.15. The average molecular weight is 294 g/mol. The zero-order valence-electron chi connectivity index (χ0n) is 12.9. The minimum atomic E-state index is -0.409. The van der Waals surface area contributed by atoms with Crippen LogP contribution in [0, 0.1) is 5.92 Å². The molecule has 6 heteroatoms. The highest BCUT2D eigenvalue weighted by atomic mass is 16.5. The monoisotopic (exact) mass is 294 g/mol. The van der Waals surface area contributed by atoms with Gasteiger partial charge in [-0.05, 0) is 31.5 Å². The molecular formula is C15H22N2O4. The SMILES string of the molecule is CCOc1ccc(C(=O)NNC(=O)C(C)CC)cc1OC. The Morgan fingerprint density at radius 3 is 2.48 bits per heavy atom. The van der Waals surface area contributed by atoms with Crippen molar-refractivity contribution in [2.45, 2.75) is 27.2 Å². The van der Waals surface area contributed by atoms with E-state index in [-0.39, 0.29) is 11.8 Å². The van der Waals surface area contributed by atoms with E-state index in [4.69, 9.17) is 9.47 Å². The van der Waals surface area contributed by atoms with Crippen LogP contribution in [0.5, 0.6) is 11.5 Å². The smallest absolute Gasteiger partial charge is 0.269 e. The predicted octanol–water partition coefficient (Wildman–Crippen LogP) is 1.90. The second kappa shape index (κ2) is 8.14. The van der Waals surface area contributed by atoms with Gasteiger partial charge in [-0.25, -0.2) is 0 Å². The Labute approximate surface area is 124 Å². The molecule has 0 spiro atoms. The van der Waals surface area contributed by atoms with Crippen LogP contribution < -0.4 is 20.3 Å². The van der Waals surface area contributed by atoms with E-state index < -0.39 is 5.91 Å². The summed E-state index contributed by atoms with van der Waals surface area (Å²) >= 11 is 0. The van der Waals surface area contributed by atoms with E-state index in [2.05, 4.69) is 10.9 Å². The molecule has 2 amide bonds. The maximum absolute atomic E-state index is 12.0. The molecule has 0 bridgehead atoms. The average Bonchev–Trinajstić information content (AvgIpc) is 2.51. The lowest BCUT2D eigenvalue weighted by atomic mass is 10.1. The molecular weight excluding hydrogens is 272 g/mol. The molecule has 0 aromatic heterocycles. The van der Waals surface area contributed by atoms with E-state index >= 15 is 0 Å². The van der Waals surface area contributed by atoms with Crippen LogP contribution in [0.25, 0.3) is 0 Å². The summed E-state index contributed by atoms with van der Waals surface area (Å²) in [5, 5.41) is 0. The van der Waals surface area contributed by atoms with Crippen molar-refractivity contribution in [2.24, 2.45) is 5.92 Å². The van der Waals surface area contributed by atoms with Gasteiger partial charge in [0.1, 0.15) is 0 Å². The van der Waals surface area contributed by atoms with Crippen molar-refractivity contribution in [3.63, 3.8) is 0 Å². The maximum Gasteiger partial charge on any atom is 0.269 e. The fourth-order valence-corrected chi connectivity index (χ4v) is 1.58. The number of carbonyl (C=O) groups is 2. The molecule has 0 saturated heterocycles. The molecule has 1 aromatic rings. The highest BCUT2D eigenvalue weighted by molar-refractivity contribution is 5.96. The Kier molecular flexibility index (Phi) is 6.52. The van der Waals surface area contributed by atoms with Crippen LogP contribution >= 0.6 is 0 Å². The number of methoxy groups -OCH3 is 1. The Bertz CT molecular complexity index is 502. The Hall–Kier alpha value is -2.24. The zero-order valence-corrected chi connectivity index (χ0v) is 12.9. The first kappa shape index (κ1) is 16.8. The molecule has 0 saturated carbocycles. The molecule has 0 fully saturated rings. The third-order valence-electron chi connectivity index (χ3n) is 3.08. The topological polar surface area (TPSA) is 76.7 Å². The second-order valence-corrected chi connectivity index (χ2v) is 4.55. The van der Waals surface area contributed by atoms with Gasteiger partial charge in [0.05, 0.1) is 13.7 Å². The van der Waals surface area contributed by atoms with Crippen molar-refractivity contribution in [1.29, 1.82) is 0 Å². The number of benzene rings is 1. The van der Waals surface area contributed by atoms with Crippen molar-refractivity contribution >= 4 is 11.8 Å². The molecule has 0 radical (unpaired) electrons. The van der Waals surface area contributed by atoms with E-state index in [0.717, 1.165) is 0 Å². The summed E-state index contributed by atoms with van der Waals surface area (Å²) in [5.74, 6) is 0.259. The standard InChI is InChI=1S/C15H22N2O4/c1-5-10(3)14(18)16-17-15(19)11-7-8-12(21-6-2)13(9-11)20-4/h7-10H,5-6H2,1-4H3,(H,16,18)(H,17,19). The van der Waals surface area contributed by atoms with E-state index in [1.54, 1.807) is 25.1 Å². The fourth-order valence-electron chi connectivity index (χ4n) is 1.58. The highest BCUT2D eigenvalue weighted by Gasteiger charge is 2.14. The van der Waals surface area contributed by atoms with Crippen molar-refractivity contribution in [3.8, 4) is 11.5 Å². The van der Waals surface area contributed by atoms with E-state index in [1.807, 2.05) is 13.8 Å². The Morgan fingerprint density at radius 2 is 1.90 bits per heavy atom. The molecule has 2 N–H and O–H groups in total. The van der Waals surface area contributed by atoms with Crippen LogP contribution in [0.2, 0.25) is 0 Å². The molecule has 1 unspecified atom stereocenters. The number of amides is 2. The number of rotatable bonds is 6. The number of hydrazine groups is 1. The third-order valence-corrected chi connectivity index (χ3v) is 3.08. The van der Waals surface area contributed by atoms with Gasteiger partial charge in [-0.2, -0.15) is 0 Å². The highest BCUT2D eigenvalue weighted by Crippen LogP contribution is 2.27. The van der Waals surface area contributed by atoms with Gasteiger partial charge in [-0.1, -0.05) is 13.8 Å². The van der Waals surface area contributed by atoms with Gasteiger partial charge in [0.15, 0.2) is 11.5 Å². The van der Waals surface area contributed by atoms with E-state index in [0.29, 0.717) is 30.1 Å². The quantitative estimate of drug-likeness (QED) is 0.786. The van der Waals surface area contributed by atoms with Crippen LogP contribution in [0.1, 0.15) is 37.6 Å². The molecule has 6 nitrogen and oxygen atoms in total. The van der Waals surface area contributed by atoms with Gasteiger partial charge in [-0.15, -0.1) is 0 Å². The van der Waals surface area contributed by atoms with Crippen LogP contribution in [0.3, 0.4) is 0 Å². The third kappa shape index (κ3) is 4.66. The molecule has 0 aliphatic heterocycles. The summed E-state index contributed by atoms with van der Waals surface area (Å²) in [6.07, 6.45) is 0.707. The van der Waals surface area contributed by atoms with Crippen molar-refractivity contribution in [2.75, 3.05) is 13.7 Å². The summed E-state index contributed by atoms with van der Waals surface area (Å²) in [6, 6.07) is 4.84. The Morgan fingerprint density at radius 1 is 1.19 bits per heavy atom. The van der Waals surface area contributed by atoms with Gasteiger partial charge < -0.3 is 9.47 Å².